The zero-order valence-corrected chi connectivity index (χ0v) is 13.8. The van der Waals surface area contributed by atoms with Crippen LogP contribution in [-0.4, -0.2) is 66.0 Å². The molecule has 0 unspecified atom stereocenters. The highest BCUT2D eigenvalue weighted by Gasteiger charge is 2.29. The molecule has 6 nitrogen and oxygen atoms in total. The zero-order chi connectivity index (χ0) is 15.9. The number of hydrogen-bond donors (Lipinski definition) is 1. The van der Waals surface area contributed by atoms with E-state index in [1.165, 1.54) is 5.71 Å². The SMILES string of the molecule is CCC(=NOC)C1CCN([C@H]2CCCN(C(=O)O)CC2)CC1. The summed E-state index contributed by atoms with van der Waals surface area (Å²) >= 11 is 0. The molecule has 22 heavy (non-hydrogen) atoms. The second kappa shape index (κ2) is 8.36. The molecule has 0 spiro atoms. The lowest BCUT2D eigenvalue weighted by Crippen LogP contribution is -2.43. The van der Waals surface area contributed by atoms with Crippen molar-refractivity contribution in [2.45, 2.75) is 51.5 Å². The first-order valence-electron chi connectivity index (χ1n) is 8.47. The second-order valence-corrected chi connectivity index (χ2v) is 6.28. The lowest BCUT2D eigenvalue weighted by molar-refractivity contribution is 0.128. The Morgan fingerprint density at radius 1 is 1.18 bits per heavy atom. The normalized spacial score (nSPS) is 25.8. The summed E-state index contributed by atoms with van der Waals surface area (Å²) in [5.41, 5.74) is 1.18. The molecule has 2 heterocycles. The largest absolute Gasteiger partial charge is 0.465 e. The van der Waals surface area contributed by atoms with Gasteiger partial charge in [0.2, 0.25) is 0 Å². The van der Waals surface area contributed by atoms with Gasteiger partial charge >= 0.3 is 6.09 Å². The predicted octanol–water partition coefficient (Wildman–Crippen LogP) is 2.64. The van der Waals surface area contributed by atoms with Gasteiger partial charge in [-0.1, -0.05) is 12.1 Å². The summed E-state index contributed by atoms with van der Waals surface area (Å²) in [4.78, 5) is 20.2. The Morgan fingerprint density at radius 3 is 2.50 bits per heavy atom. The number of oxime groups is 1. The van der Waals surface area contributed by atoms with E-state index < -0.39 is 6.09 Å². The van der Waals surface area contributed by atoms with Crippen molar-refractivity contribution < 1.29 is 14.7 Å². The van der Waals surface area contributed by atoms with Crippen LogP contribution >= 0.6 is 0 Å². The predicted molar refractivity (Wildman–Crippen MR) is 86.3 cm³/mol. The van der Waals surface area contributed by atoms with Gasteiger partial charge in [-0.25, -0.2) is 4.79 Å². The Morgan fingerprint density at radius 2 is 1.91 bits per heavy atom. The summed E-state index contributed by atoms with van der Waals surface area (Å²) in [5, 5.41) is 13.3. The minimum Gasteiger partial charge on any atom is -0.465 e. The van der Waals surface area contributed by atoms with Gasteiger partial charge in [0, 0.05) is 25.0 Å². The minimum absolute atomic E-state index is 0.537. The van der Waals surface area contributed by atoms with E-state index in [2.05, 4.69) is 17.0 Å². The highest BCUT2D eigenvalue weighted by Crippen LogP contribution is 2.25. The molecule has 0 radical (unpaired) electrons. The topological polar surface area (TPSA) is 65.4 Å². The molecule has 2 fully saturated rings. The molecule has 0 aromatic carbocycles. The van der Waals surface area contributed by atoms with E-state index >= 15 is 0 Å². The van der Waals surface area contributed by atoms with Crippen molar-refractivity contribution in [2.24, 2.45) is 11.1 Å². The molecule has 0 aromatic rings. The van der Waals surface area contributed by atoms with Gasteiger partial charge in [-0.15, -0.1) is 0 Å². The fourth-order valence-corrected chi connectivity index (χ4v) is 3.78. The van der Waals surface area contributed by atoms with Gasteiger partial charge in [0.05, 0.1) is 5.71 Å². The van der Waals surface area contributed by atoms with Crippen molar-refractivity contribution in [3.8, 4) is 0 Å². The van der Waals surface area contributed by atoms with Crippen molar-refractivity contribution in [1.29, 1.82) is 0 Å². The number of likely N-dealkylation sites (tertiary alicyclic amines) is 2. The average molecular weight is 311 g/mol. The second-order valence-electron chi connectivity index (χ2n) is 6.28. The van der Waals surface area contributed by atoms with Gasteiger partial charge in [-0.05, 0) is 51.6 Å². The monoisotopic (exact) mass is 311 g/mol. The van der Waals surface area contributed by atoms with Crippen LogP contribution in [-0.2, 0) is 4.84 Å². The highest BCUT2D eigenvalue weighted by molar-refractivity contribution is 5.86. The van der Waals surface area contributed by atoms with Crippen LogP contribution in [0.25, 0.3) is 0 Å². The molecule has 2 saturated heterocycles. The number of hydrogen-bond acceptors (Lipinski definition) is 4. The Hall–Kier alpha value is -1.30. The summed E-state index contributed by atoms with van der Waals surface area (Å²) in [6, 6.07) is 0.537. The van der Waals surface area contributed by atoms with Gasteiger partial charge in [-0.3, -0.25) is 0 Å². The van der Waals surface area contributed by atoms with E-state index in [1.807, 2.05) is 0 Å². The molecule has 0 aromatic heterocycles. The fourth-order valence-electron chi connectivity index (χ4n) is 3.78. The number of rotatable bonds is 4. The first-order valence-corrected chi connectivity index (χ1v) is 8.47. The first-order chi connectivity index (χ1) is 10.7. The quantitative estimate of drug-likeness (QED) is 0.640. The van der Waals surface area contributed by atoms with E-state index in [4.69, 9.17) is 9.94 Å². The summed E-state index contributed by atoms with van der Waals surface area (Å²) in [6.45, 7) is 5.67. The molecular weight excluding hydrogens is 282 g/mol. The molecule has 1 N–H and O–H groups in total. The maximum atomic E-state index is 11.1. The van der Waals surface area contributed by atoms with Crippen LogP contribution in [0.1, 0.15) is 45.4 Å². The molecule has 0 aliphatic carbocycles. The number of amides is 1. The first kappa shape index (κ1) is 17.1. The van der Waals surface area contributed by atoms with Crippen LogP contribution in [0, 0.1) is 5.92 Å². The van der Waals surface area contributed by atoms with Gasteiger partial charge in [0.1, 0.15) is 7.11 Å². The maximum absolute atomic E-state index is 11.1. The molecule has 0 saturated carbocycles. The van der Waals surface area contributed by atoms with Crippen molar-refractivity contribution in [3.63, 3.8) is 0 Å². The van der Waals surface area contributed by atoms with E-state index in [0.29, 0.717) is 25.0 Å². The van der Waals surface area contributed by atoms with Crippen molar-refractivity contribution in [2.75, 3.05) is 33.3 Å². The summed E-state index contributed by atoms with van der Waals surface area (Å²) in [7, 11) is 1.62. The average Bonchev–Trinajstić information content (AvgIpc) is 2.79. The third-order valence-corrected chi connectivity index (χ3v) is 5.06. The minimum atomic E-state index is -0.775. The van der Waals surface area contributed by atoms with Crippen molar-refractivity contribution in [1.82, 2.24) is 9.80 Å². The number of carbonyl (C=O) groups is 1. The standard InChI is InChI=1S/C16H29N3O3/c1-3-15(17-22-2)13-6-10-18(11-7-13)14-5-4-9-19(12-8-14)16(20)21/h13-14H,3-12H2,1-2H3,(H,20,21)/t14-/m0/s1. The highest BCUT2D eigenvalue weighted by atomic mass is 16.6. The Kier molecular flexibility index (Phi) is 6.49. The number of carboxylic acid groups (broad SMARTS) is 1. The Labute approximate surface area is 133 Å². The Bertz CT molecular complexity index is 392. The lowest BCUT2D eigenvalue weighted by Gasteiger charge is -2.37. The van der Waals surface area contributed by atoms with Crippen LogP contribution < -0.4 is 0 Å². The van der Waals surface area contributed by atoms with Crippen molar-refractivity contribution >= 4 is 11.8 Å². The fraction of sp³-hybridized carbons (Fsp3) is 0.875. The molecule has 2 rings (SSSR count). The van der Waals surface area contributed by atoms with E-state index in [1.54, 1.807) is 12.0 Å². The zero-order valence-electron chi connectivity index (χ0n) is 13.8. The van der Waals surface area contributed by atoms with Gasteiger partial charge in [0.15, 0.2) is 0 Å². The maximum Gasteiger partial charge on any atom is 0.407 e. The van der Waals surface area contributed by atoms with Crippen LogP contribution in [0.4, 0.5) is 4.79 Å². The lowest BCUT2D eigenvalue weighted by atomic mass is 9.89. The molecule has 1 amide bonds. The van der Waals surface area contributed by atoms with E-state index in [9.17, 15) is 4.79 Å². The van der Waals surface area contributed by atoms with Gasteiger partial charge in [-0.2, -0.15) is 0 Å². The molecule has 0 bridgehead atoms. The third-order valence-electron chi connectivity index (χ3n) is 5.06. The van der Waals surface area contributed by atoms with Crippen molar-refractivity contribution in [3.05, 3.63) is 0 Å². The molecule has 2 aliphatic heterocycles. The summed E-state index contributed by atoms with van der Waals surface area (Å²) < 4.78 is 0. The Balaban J connectivity index is 1.84. The smallest absolute Gasteiger partial charge is 0.407 e. The number of nitrogens with zero attached hydrogens (tertiary/aromatic N) is 3. The van der Waals surface area contributed by atoms with Crippen LogP contribution in [0.15, 0.2) is 5.16 Å². The summed E-state index contributed by atoms with van der Waals surface area (Å²) in [6.07, 6.45) is 5.50. The molecule has 2 aliphatic rings. The molecule has 6 heteroatoms. The van der Waals surface area contributed by atoms with Crippen LogP contribution in [0.5, 0.6) is 0 Å². The molecule has 126 valence electrons. The molecule has 1 atom stereocenters. The van der Waals surface area contributed by atoms with Gasteiger partial charge in [0.25, 0.3) is 0 Å². The van der Waals surface area contributed by atoms with Gasteiger partial charge < -0.3 is 19.7 Å². The number of piperidine rings is 1. The van der Waals surface area contributed by atoms with E-state index in [-0.39, 0.29) is 0 Å². The van der Waals surface area contributed by atoms with E-state index in [0.717, 1.165) is 51.6 Å². The third kappa shape index (κ3) is 4.35. The van der Waals surface area contributed by atoms with Crippen LogP contribution in [0.2, 0.25) is 0 Å². The summed E-state index contributed by atoms with van der Waals surface area (Å²) in [5.74, 6) is 0.544. The van der Waals surface area contributed by atoms with Crippen LogP contribution in [0.3, 0.4) is 0 Å². The molecular formula is C16H29N3O3.